The van der Waals surface area contributed by atoms with Gasteiger partial charge in [-0.05, 0) is 19.1 Å². The first-order chi connectivity index (χ1) is 9.54. The molecule has 1 amide bonds. The van der Waals surface area contributed by atoms with Crippen LogP contribution < -0.4 is 4.90 Å². The summed E-state index contributed by atoms with van der Waals surface area (Å²) < 4.78 is 0. The van der Waals surface area contributed by atoms with Gasteiger partial charge < -0.3 is 4.90 Å². The number of amides is 1. The van der Waals surface area contributed by atoms with Gasteiger partial charge in [-0.2, -0.15) is 0 Å². The number of carbonyl (C=O) groups excluding carboxylic acids is 1. The van der Waals surface area contributed by atoms with Crippen LogP contribution in [0.4, 0.5) is 5.00 Å². The SMILES string of the molecule is CCN(C(=O)C(C)C)c1sc(-c2cccnc2)nc1Cl. The molecule has 2 aromatic rings. The minimum absolute atomic E-state index is 0.0517. The van der Waals surface area contributed by atoms with E-state index < -0.39 is 0 Å². The van der Waals surface area contributed by atoms with Crippen molar-refractivity contribution in [2.45, 2.75) is 20.8 Å². The first-order valence-electron chi connectivity index (χ1n) is 6.42. The van der Waals surface area contributed by atoms with E-state index in [1.54, 1.807) is 17.3 Å². The maximum Gasteiger partial charge on any atom is 0.230 e. The van der Waals surface area contributed by atoms with E-state index in [1.165, 1.54) is 11.3 Å². The fourth-order valence-electron chi connectivity index (χ4n) is 1.78. The molecule has 0 spiro atoms. The van der Waals surface area contributed by atoms with E-state index in [4.69, 9.17) is 11.6 Å². The monoisotopic (exact) mass is 309 g/mol. The van der Waals surface area contributed by atoms with Gasteiger partial charge in [0.25, 0.3) is 0 Å². The van der Waals surface area contributed by atoms with E-state index in [2.05, 4.69) is 9.97 Å². The lowest BCUT2D eigenvalue weighted by Crippen LogP contribution is -2.33. The summed E-state index contributed by atoms with van der Waals surface area (Å²) in [4.78, 5) is 22.3. The molecule has 0 N–H and O–H groups in total. The predicted octanol–water partition coefficient (Wildman–Crippen LogP) is 3.87. The number of hydrogen-bond donors (Lipinski definition) is 0. The molecule has 0 unspecified atom stereocenters. The van der Waals surface area contributed by atoms with Gasteiger partial charge in [0.1, 0.15) is 10.0 Å². The normalized spacial score (nSPS) is 10.8. The molecular weight excluding hydrogens is 294 g/mol. The standard InChI is InChI=1S/C14H16ClN3OS/c1-4-18(13(19)9(2)3)14-11(15)17-12(20-14)10-6-5-7-16-8-10/h5-9H,4H2,1-3H3. The summed E-state index contributed by atoms with van der Waals surface area (Å²) >= 11 is 7.62. The number of thiazole rings is 1. The molecule has 0 bridgehead atoms. The average molecular weight is 310 g/mol. The van der Waals surface area contributed by atoms with Gasteiger partial charge in [0, 0.05) is 30.4 Å². The number of aromatic nitrogens is 2. The lowest BCUT2D eigenvalue weighted by atomic mass is 10.2. The number of nitrogens with zero attached hydrogens (tertiary/aromatic N) is 3. The zero-order valence-corrected chi connectivity index (χ0v) is 13.2. The Bertz CT molecular complexity index is 598. The van der Waals surface area contributed by atoms with Crippen LogP contribution >= 0.6 is 22.9 Å². The van der Waals surface area contributed by atoms with E-state index >= 15 is 0 Å². The zero-order valence-electron chi connectivity index (χ0n) is 11.6. The summed E-state index contributed by atoms with van der Waals surface area (Å²) in [6, 6.07) is 3.77. The molecule has 2 rings (SSSR count). The summed E-state index contributed by atoms with van der Waals surface area (Å²) in [7, 11) is 0. The Morgan fingerprint density at radius 3 is 2.80 bits per heavy atom. The Hall–Kier alpha value is -1.46. The number of halogens is 1. The molecule has 4 nitrogen and oxygen atoms in total. The summed E-state index contributed by atoms with van der Waals surface area (Å²) in [6.45, 7) is 6.26. The number of pyridine rings is 1. The maximum atomic E-state index is 12.2. The summed E-state index contributed by atoms with van der Waals surface area (Å²) in [6.07, 6.45) is 3.44. The van der Waals surface area contributed by atoms with Crippen LogP contribution in [-0.2, 0) is 4.79 Å². The molecule has 0 fully saturated rings. The van der Waals surface area contributed by atoms with E-state index in [0.717, 1.165) is 10.6 Å². The molecule has 106 valence electrons. The van der Waals surface area contributed by atoms with Crippen LogP contribution in [0, 0.1) is 5.92 Å². The van der Waals surface area contributed by atoms with Crippen LogP contribution in [-0.4, -0.2) is 22.4 Å². The van der Waals surface area contributed by atoms with Crippen LogP contribution in [0.15, 0.2) is 24.5 Å². The van der Waals surface area contributed by atoms with Crippen molar-refractivity contribution in [1.29, 1.82) is 0 Å². The molecular formula is C14H16ClN3OS. The second kappa shape index (κ2) is 6.33. The van der Waals surface area contributed by atoms with Gasteiger partial charge in [0.15, 0.2) is 5.15 Å². The lowest BCUT2D eigenvalue weighted by Gasteiger charge is -2.21. The number of rotatable bonds is 4. The first-order valence-corrected chi connectivity index (χ1v) is 7.62. The van der Waals surface area contributed by atoms with Crippen molar-refractivity contribution in [3.05, 3.63) is 29.7 Å². The third kappa shape index (κ3) is 2.99. The maximum absolute atomic E-state index is 12.2. The Labute approximate surface area is 127 Å². The van der Waals surface area contributed by atoms with Gasteiger partial charge in [-0.3, -0.25) is 9.78 Å². The van der Waals surface area contributed by atoms with Gasteiger partial charge in [0.05, 0.1) is 0 Å². The van der Waals surface area contributed by atoms with Crippen LogP contribution in [0.25, 0.3) is 10.6 Å². The highest BCUT2D eigenvalue weighted by molar-refractivity contribution is 7.19. The third-order valence-electron chi connectivity index (χ3n) is 2.80. The molecule has 2 aromatic heterocycles. The van der Waals surface area contributed by atoms with Crippen molar-refractivity contribution in [2.75, 3.05) is 11.4 Å². The molecule has 6 heteroatoms. The fourth-order valence-corrected chi connectivity index (χ4v) is 3.15. The number of carbonyl (C=O) groups is 1. The van der Waals surface area contributed by atoms with Crippen molar-refractivity contribution in [1.82, 2.24) is 9.97 Å². The van der Waals surface area contributed by atoms with E-state index in [-0.39, 0.29) is 11.8 Å². The van der Waals surface area contributed by atoms with Gasteiger partial charge >= 0.3 is 0 Å². The average Bonchev–Trinajstić information content (AvgIpc) is 2.83. The smallest absolute Gasteiger partial charge is 0.230 e. The highest BCUT2D eigenvalue weighted by Crippen LogP contribution is 2.37. The highest BCUT2D eigenvalue weighted by Gasteiger charge is 2.23. The summed E-state index contributed by atoms with van der Waals surface area (Å²) in [5.41, 5.74) is 0.902. The molecule has 2 heterocycles. The molecule has 20 heavy (non-hydrogen) atoms. The van der Waals surface area contributed by atoms with Crippen LogP contribution in [0.3, 0.4) is 0 Å². The van der Waals surface area contributed by atoms with E-state index in [1.807, 2.05) is 32.9 Å². The van der Waals surface area contributed by atoms with Gasteiger partial charge in [-0.1, -0.05) is 36.8 Å². The van der Waals surface area contributed by atoms with Crippen LogP contribution in [0.1, 0.15) is 20.8 Å². The quantitative estimate of drug-likeness (QED) is 0.861. The lowest BCUT2D eigenvalue weighted by molar-refractivity contribution is -0.121. The molecule has 0 saturated heterocycles. The van der Waals surface area contributed by atoms with Gasteiger partial charge in [-0.15, -0.1) is 0 Å². The molecule has 0 radical (unpaired) electrons. The Morgan fingerprint density at radius 2 is 2.25 bits per heavy atom. The number of anilines is 1. The Kier molecular flexibility index (Phi) is 4.73. The predicted molar refractivity (Wildman–Crippen MR) is 83.2 cm³/mol. The van der Waals surface area contributed by atoms with Crippen molar-refractivity contribution in [3.8, 4) is 10.6 Å². The van der Waals surface area contributed by atoms with Crippen molar-refractivity contribution < 1.29 is 4.79 Å². The highest BCUT2D eigenvalue weighted by atomic mass is 35.5. The van der Waals surface area contributed by atoms with Gasteiger partial charge in [-0.25, -0.2) is 4.98 Å². The molecule has 0 aliphatic rings. The topological polar surface area (TPSA) is 46.1 Å². The minimum Gasteiger partial charge on any atom is -0.301 e. The van der Waals surface area contributed by atoms with Crippen molar-refractivity contribution in [2.24, 2.45) is 5.92 Å². The molecule has 0 saturated carbocycles. The van der Waals surface area contributed by atoms with Crippen molar-refractivity contribution >= 4 is 33.8 Å². The summed E-state index contributed by atoms with van der Waals surface area (Å²) in [5, 5.41) is 1.84. The van der Waals surface area contributed by atoms with E-state index in [9.17, 15) is 4.79 Å². The Balaban J connectivity index is 2.38. The Morgan fingerprint density at radius 1 is 1.50 bits per heavy atom. The largest absolute Gasteiger partial charge is 0.301 e. The van der Waals surface area contributed by atoms with Gasteiger partial charge in [0.2, 0.25) is 5.91 Å². The van der Waals surface area contributed by atoms with Crippen LogP contribution in [0.2, 0.25) is 5.15 Å². The third-order valence-corrected chi connectivity index (χ3v) is 4.30. The second-order valence-electron chi connectivity index (χ2n) is 4.59. The minimum atomic E-state index is -0.0741. The molecule has 0 aliphatic heterocycles. The zero-order chi connectivity index (χ0) is 14.7. The van der Waals surface area contributed by atoms with Crippen LogP contribution in [0.5, 0.6) is 0 Å². The summed E-state index contributed by atoms with van der Waals surface area (Å²) in [5.74, 6) is -0.0225. The fraction of sp³-hybridized carbons (Fsp3) is 0.357. The second-order valence-corrected chi connectivity index (χ2v) is 5.93. The van der Waals surface area contributed by atoms with E-state index in [0.29, 0.717) is 16.7 Å². The molecule has 0 aliphatic carbocycles. The number of hydrogen-bond acceptors (Lipinski definition) is 4. The molecule has 0 aromatic carbocycles. The first kappa shape index (κ1) is 14.9. The molecule has 0 atom stereocenters. The van der Waals surface area contributed by atoms with Crippen molar-refractivity contribution in [3.63, 3.8) is 0 Å².